The molecule has 0 saturated heterocycles. The molecule has 0 aliphatic carbocycles. The number of halogens is 1. The van der Waals surface area contributed by atoms with Crippen molar-refractivity contribution in [2.45, 2.75) is 0 Å². The standard InChI is InChI=1S/C20H18N2O2.ClH/c1-22-18-11-6-14-12-16(24-3)9-10-17(14)19(18)21-20(22)13-4-7-15(23-2)8-5-13;/h4-12H,1-3H3;1H. The van der Waals surface area contributed by atoms with Crippen molar-refractivity contribution in [2.75, 3.05) is 14.2 Å². The normalized spacial score (nSPS) is 10.7. The van der Waals surface area contributed by atoms with E-state index in [0.29, 0.717) is 0 Å². The zero-order valence-corrected chi connectivity index (χ0v) is 15.1. The molecule has 3 aromatic carbocycles. The highest BCUT2D eigenvalue weighted by Gasteiger charge is 2.12. The van der Waals surface area contributed by atoms with Crippen molar-refractivity contribution in [3.8, 4) is 22.9 Å². The lowest BCUT2D eigenvalue weighted by atomic mass is 10.1. The van der Waals surface area contributed by atoms with Crippen LogP contribution < -0.4 is 9.47 Å². The summed E-state index contributed by atoms with van der Waals surface area (Å²) in [5.41, 5.74) is 3.18. The van der Waals surface area contributed by atoms with Crippen molar-refractivity contribution in [3.05, 3.63) is 54.6 Å². The van der Waals surface area contributed by atoms with Crippen molar-refractivity contribution in [1.82, 2.24) is 9.55 Å². The Kier molecular flexibility index (Phi) is 4.55. The maximum Gasteiger partial charge on any atom is 0.140 e. The lowest BCUT2D eigenvalue weighted by molar-refractivity contribution is 0.415. The fourth-order valence-electron chi connectivity index (χ4n) is 3.09. The average Bonchev–Trinajstić information content (AvgIpc) is 2.98. The van der Waals surface area contributed by atoms with Gasteiger partial charge in [-0.1, -0.05) is 6.07 Å². The first-order chi connectivity index (χ1) is 11.7. The Balaban J connectivity index is 0.00000182. The summed E-state index contributed by atoms with van der Waals surface area (Å²) in [6.45, 7) is 0. The number of methoxy groups -OCH3 is 2. The van der Waals surface area contributed by atoms with E-state index in [1.54, 1.807) is 14.2 Å². The summed E-state index contributed by atoms with van der Waals surface area (Å²) in [5.74, 6) is 2.64. The van der Waals surface area contributed by atoms with E-state index in [4.69, 9.17) is 14.5 Å². The maximum absolute atomic E-state index is 5.32. The van der Waals surface area contributed by atoms with Gasteiger partial charge in [0.05, 0.1) is 25.3 Å². The molecule has 25 heavy (non-hydrogen) atoms. The maximum atomic E-state index is 5.32. The monoisotopic (exact) mass is 354 g/mol. The van der Waals surface area contributed by atoms with Gasteiger partial charge in [0, 0.05) is 18.0 Å². The van der Waals surface area contributed by atoms with E-state index in [-0.39, 0.29) is 12.4 Å². The Morgan fingerprint density at radius 2 is 1.52 bits per heavy atom. The molecule has 0 N–H and O–H groups in total. The first-order valence-electron chi connectivity index (χ1n) is 7.79. The van der Waals surface area contributed by atoms with Crippen molar-refractivity contribution in [1.29, 1.82) is 0 Å². The highest BCUT2D eigenvalue weighted by atomic mass is 35.5. The van der Waals surface area contributed by atoms with Crippen LogP contribution in [0, 0.1) is 0 Å². The first-order valence-corrected chi connectivity index (χ1v) is 7.79. The molecular weight excluding hydrogens is 336 g/mol. The topological polar surface area (TPSA) is 36.3 Å². The van der Waals surface area contributed by atoms with Gasteiger partial charge >= 0.3 is 0 Å². The summed E-state index contributed by atoms with van der Waals surface area (Å²) in [6, 6.07) is 18.3. The molecular formula is C20H19ClN2O2. The molecule has 4 rings (SSSR count). The third-order valence-electron chi connectivity index (χ3n) is 4.42. The largest absolute Gasteiger partial charge is 0.497 e. The number of hydrogen-bond acceptors (Lipinski definition) is 3. The van der Waals surface area contributed by atoms with Crippen LogP contribution in [-0.2, 0) is 7.05 Å². The Hall–Kier alpha value is -2.72. The van der Waals surface area contributed by atoms with E-state index in [2.05, 4.69) is 22.8 Å². The molecule has 0 spiro atoms. The van der Waals surface area contributed by atoms with Crippen LogP contribution in [0.2, 0.25) is 0 Å². The van der Waals surface area contributed by atoms with Crippen LogP contribution in [0.3, 0.4) is 0 Å². The zero-order valence-electron chi connectivity index (χ0n) is 14.3. The van der Waals surface area contributed by atoms with Gasteiger partial charge in [0.15, 0.2) is 0 Å². The van der Waals surface area contributed by atoms with Gasteiger partial charge in [-0.3, -0.25) is 0 Å². The van der Waals surface area contributed by atoms with Crippen LogP contribution >= 0.6 is 12.4 Å². The van der Waals surface area contributed by atoms with Crippen molar-refractivity contribution in [2.24, 2.45) is 7.05 Å². The first kappa shape index (κ1) is 17.1. The van der Waals surface area contributed by atoms with Crippen molar-refractivity contribution in [3.63, 3.8) is 0 Å². The number of benzene rings is 3. The molecule has 0 radical (unpaired) electrons. The van der Waals surface area contributed by atoms with Crippen LogP contribution in [0.25, 0.3) is 33.2 Å². The van der Waals surface area contributed by atoms with Crippen LogP contribution in [0.1, 0.15) is 0 Å². The second-order valence-corrected chi connectivity index (χ2v) is 5.74. The Morgan fingerprint density at radius 3 is 2.20 bits per heavy atom. The smallest absolute Gasteiger partial charge is 0.140 e. The van der Waals surface area contributed by atoms with Crippen LogP contribution in [0.5, 0.6) is 11.5 Å². The number of nitrogens with zero attached hydrogens (tertiary/aromatic N) is 2. The van der Waals surface area contributed by atoms with Gasteiger partial charge in [0.25, 0.3) is 0 Å². The molecule has 0 amide bonds. The molecule has 1 heterocycles. The number of rotatable bonds is 3. The molecule has 0 bridgehead atoms. The van der Waals surface area contributed by atoms with Crippen LogP contribution in [0.4, 0.5) is 0 Å². The number of ether oxygens (including phenoxy) is 2. The van der Waals surface area contributed by atoms with Crippen LogP contribution in [-0.4, -0.2) is 23.8 Å². The molecule has 4 aromatic rings. The predicted octanol–water partition coefficient (Wildman–Crippen LogP) is 4.83. The van der Waals surface area contributed by atoms with Gasteiger partial charge in [-0.05, 0) is 53.9 Å². The molecule has 128 valence electrons. The number of aromatic nitrogens is 2. The summed E-state index contributed by atoms with van der Waals surface area (Å²) >= 11 is 0. The minimum absolute atomic E-state index is 0. The molecule has 4 nitrogen and oxygen atoms in total. The van der Waals surface area contributed by atoms with E-state index in [0.717, 1.165) is 44.7 Å². The summed E-state index contributed by atoms with van der Waals surface area (Å²) in [6.07, 6.45) is 0. The fourth-order valence-corrected chi connectivity index (χ4v) is 3.09. The summed E-state index contributed by atoms with van der Waals surface area (Å²) in [5, 5.41) is 2.25. The second kappa shape index (κ2) is 6.65. The molecule has 0 aliphatic rings. The van der Waals surface area contributed by atoms with E-state index < -0.39 is 0 Å². The Morgan fingerprint density at radius 1 is 0.840 bits per heavy atom. The van der Waals surface area contributed by atoms with Gasteiger partial charge in [-0.2, -0.15) is 0 Å². The summed E-state index contributed by atoms with van der Waals surface area (Å²) in [4.78, 5) is 4.90. The molecule has 5 heteroatoms. The molecule has 0 saturated carbocycles. The van der Waals surface area contributed by atoms with E-state index in [1.165, 1.54) is 0 Å². The number of imidazole rings is 1. The Bertz CT molecular complexity index is 1040. The number of fused-ring (bicyclic) bond motifs is 3. The molecule has 1 aromatic heterocycles. The number of hydrogen-bond donors (Lipinski definition) is 0. The van der Waals surface area contributed by atoms with E-state index in [9.17, 15) is 0 Å². The van der Waals surface area contributed by atoms with Gasteiger partial charge in [0.2, 0.25) is 0 Å². The van der Waals surface area contributed by atoms with Gasteiger partial charge in [-0.25, -0.2) is 4.98 Å². The SMILES string of the molecule is COc1ccc(-c2nc3c4ccc(OC)cc4ccc3n2C)cc1.Cl. The fraction of sp³-hybridized carbons (Fsp3) is 0.150. The zero-order chi connectivity index (χ0) is 16.7. The second-order valence-electron chi connectivity index (χ2n) is 5.74. The summed E-state index contributed by atoms with van der Waals surface area (Å²) < 4.78 is 12.7. The highest BCUT2D eigenvalue weighted by molar-refractivity contribution is 6.05. The average molecular weight is 355 g/mol. The van der Waals surface area contributed by atoms with Gasteiger partial charge in [-0.15, -0.1) is 12.4 Å². The number of aryl methyl sites for hydroxylation is 1. The molecule has 0 atom stereocenters. The van der Waals surface area contributed by atoms with Crippen molar-refractivity contribution >= 4 is 34.2 Å². The lowest BCUT2D eigenvalue weighted by Gasteiger charge is -2.04. The van der Waals surface area contributed by atoms with Crippen LogP contribution in [0.15, 0.2) is 54.6 Å². The molecule has 0 unspecified atom stereocenters. The minimum atomic E-state index is 0. The third-order valence-corrected chi connectivity index (χ3v) is 4.42. The van der Waals surface area contributed by atoms with E-state index in [1.807, 2.05) is 43.4 Å². The minimum Gasteiger partial charge on any atom is -0.497 e. The van der Waals surface area contributed by atoms with Gasteiger partial charge < -0.3 is 14.0 Å². The molecule has 0 aliphatic heterocycles. The Labute approximate surface area is 152 Å². The third kappa shape index (κ3) is 2.79. The lowest BCUT2D eigenvalue weighted by Crippen LogP contribution is -1.92. The highest BCUT2D eigenvalue weighted by Crippen LogP contribution is 2.31. The van der Waals surface area contributed by atoms with E-state index >= 15 is 0 Å². The van der Waals surface area contributed by atoms with Crippen molar-refractivity contribution < 1.29 is 9.47 Å². The quantitative estimate of drug-likeness (QED) is 0.528. The predicted molar refractivity (Wildman–Crippen MR) is 104 cm³/mol. The molecule has 0 fully saturated rings. The van der Waals surface area contributed by atoms with Gasteiger partial charge in [0.1, 0.15) is 17.3 Å². The summed E-state index contributed by atoms with van der Waals surface area (Å²) in [7, 11) is 5.40.